The van der Waals surface area contributed by atoms with Gasteiger partial charge in [0.05, 0.1) is 22.7 Å². The molecule has 0 radical (unpaired) electrons. The van der Waals surface area contributed by atoms with E-state index in [1.807, 2.05) is 6.92 Å². The lowest BCUT2D eigenvalue weighted by molar-refractivity contribution is 0.0931. The summed E-state index contributed by atoms with van der Waals surface area (Å²) in [6.45, 7) is 2.04. The lowest BCUT2D eigenvalue weighted by atomic mass is 10.2. The van der Waals surface area contributed by atoms with Gasteiger partial charge >= 0.3 is 0 Å². The highest BCUT2D eigenvalue weighted by Crippen LogP contribution is 2.35. The summed E-state index contributed by atoms with van der Waals surface area (Å²) >= 11 is 1.34. The standard InChI is InChI=1S/C13H16N4O3S2/c1-8-9(6-14-17(8)3)13(18)15-10-7-16(2)22(19,20)11-4-5-21-12(10)11/h4-6,10H,7H2,1-3H3,(H,15,18)/t10-/m0/s1. The topological polar surface area (TPSA) is 84.3 Å². The maximum absolute atomic E-state index is 12.4. The number of amides is 1. The third-order valence-electron chi connectivity index (χ3n) is 3.89. The van der Waals surface area contributed by atoms with Gasteiger partial charge in [-0.25, -0.2) is 8.42 Å². The number of carbonyl (C=O) groups is 1. The molecule has 0 saturated carbocycles. The molecule has 118 valence electrons. The van der Waals surface area contributed by atoms with Crippen molar-refractivity contribution in [3.05, 3.63) is 33.8 Å². The number of hydrogen-bond donors (Lipinski definition) is 1. The normalized spacial score (nSPS) is 20.6. The van der Waals surface area contributed by atoms with E-state index < -0.39 is 10.0 Å². The third kappa shape index (κ3) is 2.25. The number of rotatable bonds is 2. The Bertz CT molecular complexity index is 837. The molecule has 1 aliphatic heterocycles. The zero-order valence-corrected chi connectivity index (χ0v) is 14.0. The second-order valence-corrected chi connectivity index (χ2v) is 8.19. The van der Waals surface area contributed by atoms with Crippen LogP contribution in [0, 0.1) is 6.92 Å². The lowest BCUT2D eigenvalue weighted by Crippen LogP contribution is -2.42. The Kier molecular flexibility index (Phi) is 3.58. The summed E-state index contributed by atoms with van der Waals surface area (Å²) in [7, 11) is -0.152. The number of thiophene rings is 1. The van der Waals surface area contributed by atoms with Crippen LogP contribution in [0.4, 0.5) is 0 Å². The predicted molar refractivity (Wildman–Crippen MR) is 82.3 cm³/mol. The number of likely N-dealkylation sites (N-methyl/N-ethyl adjacent to an activating group) is 1. The van der Waals surface area contributed by atoms with Gasteiger partial charge in [-0.05, 0) is 18.4 Å². The van der Waals surface area contributed by atoms with Crippen LogP contribution < -0.4 is 5.32 Å². The number of nitrogens with one attached hydrogen (secondary N) is 1. The first kappa shape index (κ1) is 15.2. The van der Waals surface area contributed by atoms with Crippen molar-refractivity contribution < 1.29 is 13.2 Å². The molecule has 0 spiro atoms. The predicted octanol–water partition coefficient (Wildman–Crippen LogP) is 0.895. The molecule has 0 unspecified atom stereocenters. The van der Waals surface area contributed by atoms with Crippen LogP contribution in [0.25, 0.3) is 0 Å². The minimum absolute atomic E-state index is 0.223. The number of aryl methyl sites for hydroxylation is 1. The highest BCUT2D eigenvalue weighted by atomic mass is 32.2. The Morgan fingerprint density at radius 1 is 1.45 bits per heavy atom. The molecule has 22 heavy (non-hydrogen) atoms. The molecule has 3 rings (SSSR count). The molecule has 0 bridgehead atoms. The van der Waals surface area contributed by atoms with E-state index in [1.165, 1.54) is 28.9 Å². The van der Waals surface area contributed by atoms with Crippen LogP contribution in [0.1, 0.15) is 27.0 Å². The van der Waals surface area contributed by atoms with Crippen LogP contribution >= 0.6 is 11.3 Å². The molecule has 3 heterocycles. The average Bonchev–Trinajstić information content (AvgIpc) is 3.06. The van der Waals surface area contributed by atoms with Crippen molar-refractivity contribution in [2.75, 3.05) is 13.6 Å². The monoisotopic (exact) mass is 340 g/mol. The quantitative estimate of drug-likeness (QED) is 0.880. The summed E-state index contributed by atoms with van der Waals surface area (Å²) in [5, 5.41) is 8.70. The molecule has 0 fully saturated rings. The summed E-state index contributed by atoms with van der Waals surface area (Å²) in [4.78, 5) is 13.4. The maximum atomic E-state index is 12.4. The Hall–Kier alpha value is -1.71. The van der Waals surface area contributed by atoms with Gasteiger partial charge < -0.3 is 5.32 Å². The Labute approximate surface area is 132 Å². The van der Waals surface area contributed by atoms with Crippen molar-refractivity contribution in [1.29, 1.82) is 0 Å². The van der Waals surface area contributed by atoms with Gasteiger partial charge in [-0.15, -0.1) is 11.3 Å². The summed E-state index contributed by atoms with van der Waals surface area (Å²) in [6, 6.07) is 1.23. The molecule has 2 aromatic rings. The maximum Gasteiger partial charge on any atom is 0.255 e. The van der Waals surface area contributed by atoms with Crippen LogP contribution in [0.3, 0.4) is 0 Å². The van der Waals surface area contributed by atoms with Gasteiger partial charge in [-0.1, -0.05) is 0 Å². The molecule has 0 aliphatic carbocycles. The summed E-state index contributed by atoms with van der Waals surface area (Å²) in [5.41, 5.74) is 1.26. The largest absolute Gasteiger partial charge is 0.343 e. The Morgan fingerprint density at radius 2 is 2.18 bits per heavy atom. The highest BCUT2D eigenvalue weighted by Gasteiger charge is 2.36. The van der Waals surface area contributed by atoms with Gasteiger partial charge in [0.1, 0.15) is 0 Å². The van der Waals surface area contributed by atoms with E-state index in [1.54, 1.807) is 23.2 Å². The third-order valence-corrected chi connectivity index (χ3v) is 6.93. The van der Waals surface area contributed by atoms with Gasteiger partial charge in [0.2, 0.25) is 10.0 Å². The number of aromatic nitrogens is 2. The Morgan fingerprint density at radius 3 is 2.82 bits per heavy atom. The second-order valence-electron chi connectivity index (χ2n) is 5.23. The van der Waals surface area contributed by atoms with E-state index >= 15 is 0 Å². The van der Waals surface area contributed by atoms with Gasteiger partial charge in [0.25, 0.3) is 5.91 Å². The number of sulfonamides is 1. The average molecular weight is 340 g/mol. The number of nitrogens with zero attached hydrogens (tertiary/aromatic N) is 3. The smallest absolute Gasteiger partial charge is 0.255 e. The highest BCUT2D eigenvalue weighted by molar-refractivity contribution is 7.89. The number of carbonyl (C=O) groups excluding carboxylic acids is 1. The number of hydrogen-bond acceptors (Lipinski definition) is 5. The van der Waals surface area contributed by atoms with E-state index in [4.69, 9.17) is 0 Å². The lowest BCUT2D eigenvalue weighted by Gasteiger charge is -2.29. The van der Waals surface area contributed by atoms with Crippen molar-refractivity contribution in [3.63, 3.8) is 0 Å². The number of fused-ring (bicyclic) bond motifs is 1. The summed E-state index contributed by atoms with van der Waals surface area (Å²) in [5.74, 6) is -0.248. The molecule has 0 aromatic carbocycles. The molecule has 0 saturated heterocycles. The van der Waals surface area contributed by atoms with E-state index in [9.17, 15) is 13.2 Å². The first-order valence-corrected chi connectivity index (χ1v) is 8.97. The molecule has 7 nitrogen and oxygen atoms in total. The molecule has 2 aromatic heterocycles. The van der Waals surface area contributed by atoms with Crippen molar-refractivity contribution in [2.45, 2.75) is 17.9 Å². The van der Waals surface area contributed by atoms with Gasteiger partial charge in [-0.2, -0.15) is 9.40 Å². The van der Waals surface area contributed by atoms with Gasteiger partial charge in [-0.3, -0.25) is 9.48 Å². The Balaban J connectivity index is 1.91. The van der Waals surface area contributed by atoms with Crippen LogP contribution in [-0.4, -0.2) is 42.0 Å². The fraction of sp³-hybridized carbons (Fsp3) is 0.385. The van der Waals surface area contributed by atoms with Crippen LogP contribution in [0.2, 0.25) is 0 Å². The van der Waals surface area contributed by atoms with Crippen LogP contribution in [0.5, 0.6) is 0 Å². The van der Waals surface area contributed by atoms with E-state index in [2.05, 4.69) is 10.4 Å². The molecular formula is C13H16N4O3S2. The van der Waals surface area contributed by atoms with E-state index in [-0.39, 0.29) is 23.4 Å². The fourth-order valence-electron chi connectivity index (χ4n) is 2.45. The van der Waals surface area contributed by atoms with Crippen LogP contribution in [-0.2, 0) is 17.1 Å². The second kappa shape index (κ2) is 5.18. The minimum atomic E-state index is -3.44. The van der Waals surface area contributed by atoms with Gasteiger partial charge in [0.15, 0.2) is 0 Å². The van der Waals surface area contributed by atoms with Crippen molar-refractivity contribution in [2.24, 2.45) is 7.05 Å². The molecular weight excluding hydrogens is 324 g/mol. The van der Waals surface area contributed by atoms with Crippen molar-refractivity contribution in [3.8, 4) is 0 Å². The molecule has 1 aliphatic rings. The molecule has 1 amide bonds. The van der Waals surface area contributed by atoms with Crippen LogP contribution in [0.15, 0.2) is 22.5 Å². The first-order valence-electron chi connectivity index (χ1n) is 6.65. The van der Waals surface area contributed by atoms with E-state index in [0.29, 0.717) is 10.4 Å². The first-order chi connectivity index (χ1) is 10.3. The molecule has 1 atom stereocenters. The van der Waals surface area contributed by atoms with Gasteiger partial charge in [0, 0.05) is 31.2 Å². The zero-order chi connectivity index (χ0) is 16.1. The fourth-order valence-corrected chi connectivity index (χ4v) is 5.15. The molecule has 1 N–H and O–H groups in total. The van der Waals surface area contributed by atoms with Crippen molar-refractivity contribution >= 4 is 27.3 Å². The summed E-state index contributed by atoms with van der Waals surface area (Å²) < 4.78 is 27.4. The van der Waals surface area contributed by atoms with Crippen molar-refractivity contribution in [1.82, 2.24) is 19.4 Å². The summed E-state index contributed by atoms with van der Waals surface area (Å²) in [6.07, 6.45) is 1.52. The van der Waals surface area contributed by atoms with E-state index in [0.717, 1.165) is 5.69 Å². The zero-order valence-electron chi connectivity index (χ0n) is 12.4. The molecule has 9 heteroatoms. The minimum Gasteiger partial charge on any atom is -0.343 e. The SMILES string of the molecule is Cc1c(C(=O)N[C@H]2CN(C)S(=O)(=O)c3ccsc32)cnn1C.